The summed E-state index contributed by atoms with van der Waals surface area (Å²) in [6.07, 6.45) is 0.744. The highest BCUT2D eigenvalue weighted by Gasteiger charge is 2.34. The number of carbonyl (C=O) groups is 3. The van der Waals surface area contributed by atoms with Crippen molar-refractivity contribution >= 4 is 17.5 Å². The number of benzene rings is 2. The van der Waals surface area contributed by atoms with Crippen LogP contribution in [0.1, 0.15) is 57.6 Å². The van der Waals surface area contributed by atoms with Crippen LogP contribution < -0.4 is 0 Å². The number of carbonyl (C=O) groups excluding carboxylic acids is 3. The van der Waals surface area contributed by atoms with Crippen LogP contribution in [0.15, 0.2) is 60.7 Å². The fraction of sp³-hybridized carbons (Fsp3) is 0.400. The lowest BCUT2D eigenvalue weighted by Crippen LogP contribution is -2.34. The minimum atomic E-state index is -0.966. The maximum atomic E-state index is 12.8. The molecule has 0 aromatic heterocycles. The molecule has 0 amide bonds. The fourth-order valence-electron chi connectivity index (χ4n) is 3.35. The molecule has 4 nitrogen and oxygen atoms in total. The minimum absolute atomic E-state index is 0.0490. The number of hydrogen-bond donors (Lipinski definition) is 0. The van der Waals surface area contributed by atoms with E-state index in [0.717, 1.165) is 11.1 Å². The third-order valence-corrected chi connectivity index (χ3v) is 4.62. The first-order valence-corrected chi connectivity index (χ1v) is 9.99. The summed E-state index contributed by atoms with van der Waals surface area (Å²) >= 11 is 0. The zero-order valence-electron chi connectivity index (χ0n) is 17.7. The van der Waals surface area contributed by atoms with E-state index in [0.29, 0.717) is 12.8 Å². The van der Waals surface area contributed by atoms with Crippen LogP contribution in [0.25, 0.3) is 0 Å². The van der Waals surface area contributed by atoms with Crippen LogP contribution in [0.5, 0.6) is 0 Å². The molecule has 0 spiro atoms. The molecule has 0 saturated heterocycles. The SMILES string of the molecule is CC(=O)CC(=O)C(CC(Cc1ccccc1)c1ccccc1)C(=O)OC(C)(C)C. The zero-order chi connectivity index (χ0) is 21.4. The van der Waals surface area contributed by atoms with Crippen LogP contribution in [0.4, 0.5) is 0 Å². The number of hydrogen-bond acceptors (Lipinski definition) is 4. The van der Waals surface area contributed by atoms with Crippen LogP contribution in [-0.4, -0.2) is 23.1 Å². The number of esters is 1. The molecule has 0 aliphatic heterocycles. The van der Waals surface area contributed by atoms with Gasteiger partial charge < -0.3 is 4.74 Å². The van der Waals surface area contributed by atoms with Crippen molar-refractivity contribution in [2.24, 2.45) is 5.92 Å². The zero-order valence-corrected chi connectivity index (χ0v) is 17.7. The van der Waals surface area contributed by atoms with Gasteiger partial charge in [-0.2, -0.15) is 0 Å². The highest BCUT2D eigenvalue weighted by atomic mass is 16.6. The Morgan fingerprint density at radius 3 is 1.97 bits per heavy atom. The Hall–Kier alpha value is -2.75. The molecule has 2 atom stereocenters. The Bertz CT molecular complexity index is 819. The van der Waals surface area contributed by atoms with E-state index < -0.39 is 17.5 Å². The summed E-state index contributed by atoms with van der Waals surface area (Å²) in [7, 11) is 0. The number of ketones is 2. The Morgan fingerprint density at radius 1 is 0.897 bits per heavy atom. The second kappa shape index (κ2) is 10.1. The molecule has 4 heteroatoms. The normalized spacial score (nSPS) is 13.4. The smallest absolute Gasteiger partial charge is 0.317 e. The van der Waals surface area contributed by atoms with Crippen LogP contribution in [0, 0.1) is 5.92 Å². The van der Waals surface area contributed by atoms with Crippen LogP contribution in [0.2, 0.25) is 0 Å². The van der Waals surface area contributed by atoms with E-state index in [1.54, 1.807) is 20.8 Å². The molecule has 2 aromatic rings. The third kappa shape index (κ3) is 7.65. The maximum Gasteiger partial charge on any atom is 0.317 e. The molecule has 154 valence electrons. The topological polar surface area (TPSA) is 60.4 Å². The van der Waals surface area contributed by atoms with Crippen LogP contribution >= 0.6 is 0 Å². The van der Waals surface area contributed by atoms with Gasteiger partial charge in [-0.1, -0.05) is 60.7 Å². The Morgan fingerprint density at radius 2 is 1.45 bits per heavy atom. The lowest BCUT2D eigenvalue weighted by atomic mass is 9.82. The van der Waals surface area contributed by atoms with Crippen LogP contribution in [-0.2, 0) is 25.5 Å². The molecule has 2 unspecified atom stereocenters. The molecule has 2 rings (SSSR count). The summed E-state index contributed by atoms with van der Waals surface area (Å²) in [5, 5.41) is 0. The van der Waals surface area contributed by atoms with Crippen molar-refractivity contribution in [2.75, 3.05) is 0 Å². The lowest BCUT2D eigenvalue weighted by molar-refractivity contribution is -0.162. The molecule has 0 aliphatic rings. The van der Waals surface area contributed by atoms with Crippen molar-refractivity contribution < 1.29 is 19.1 Å². The van der Waals surface area contributed by atoms with E-state index in [1.807, 2.05) is 60.7 Å². The average molecular weight is 395 g/mol. The molecule has 0 aliphatic carbocycles. The molecule has 0 radical (unpaired) electrons. The van der Waals surface area contributed by atoms with Crippen molar-refractivity contribution in [1.82, 2.24) is 0 Å². The first kappa shape index (κ1) is 22.5. The standard InChI is InChI=1S/C25H30O4/c1-18(26)15-23(27)22(24(28)29-25(2,3)4)17-21(20-13-9-6-10-14-20)16-19-11-7-5-8-12-19/h5-14,21-22H,15-17H2,1-4H3. The molecular formula is C25H30O4. The van der Waals surface area contributed by atoms with Gasteiger partial charge in [-0.25, -0.2) is 0 Å². The largest absolute Gasteiger partial charge is 0.459 e. The van der Waals surface area contributed by atoms with Crippen molar-refractivity contribution in [3.63, 3.8) is 0 Å². The van der Waals surface area contributed by atoms with Gasteiger partial charge in [0.2, 0.25) is 0 Å². The number of Topliss-reactive ketones (excluding diaryl/α,β-unsaturated/α-hetero) is 2. The molecular weight excluding hydrogens is 364 g/mol. The fourth-order valence-corrected chi connectivity index (χ4v) is 3.35. The van der Waals surface area contributed by atoms with Gasteiger partial charge in [-0.15, -0.1) is 0 Å². The van der Waals surface area contributed by atoms with Gasteiger partial charge in [0.25, 0.3) is 0 Å². The second-order valence-electron chi connectivity index (χ2n) is 8.46. The summed E-state index contributed by atoms with van der Waals surface area (Å²) in [6.45, 7) is 6.69. The lowest BCUT2D eigenvalue weighted by Gasteiger charge is -2.26. The van der Waals surface area contributed by atoms with E-state index in [4.69, 9.17) is 4.74 Å². The summed E-state index contributed by atoms with van der Waals surface area (Å²) in [5.74, 6) is -2.19. The van der Waals surface area contributed by atoms with E-state index >= 15 is 0 Å². The second-order valence-corrected chi connectivity index (χ2v) is 8.46. The van der Waals surface area contributed by atoms with Crippen molar-refractivity contribution in [2.45, 2.75) is 58.5 Å². The molecule has 0 heterocycles. The summed E-state index contributed by atoms with van der Waals surface area (Å²) < 4.78 is 5.52. The molecule has 0 saturated carbocycles. The predicted molar refractivity (Wildman–Crippen MR) is 114 cm³/mol. The van der Waals surface area contributed by atoms with Crippen molar-refractivity contribution in [3.8, 4) is 0 Å². The van der Waals surface area contributed by atoms with E-state index in [9.17, 15) is 14.4 Å². The molecule has 0 fully saturated rings. The minimum Gasteiger partial charge on any atom is -0.459 e. The van der Waals surface area contributed by atoms with Gasteiger partial charge in [0.05, 0.1) is 6.42 Å². The number of ether oxygens (including phenoxy) is 1. The highest BCUT2D eigenvalue weighted by Crippen LogP contribution is 2.30. The molecule has 29 heavy (non-hydrogen) atoms. The number of rotatable bonds is 9. The summed E-state index contributed by atoms with van der Waals surface area (Å²) in [4.78, 5) is 37.2. The Labute approximate surface area is 173 Å². The van der Waals surface area contributed by atoms with Gasteiger partial charge in [0.1, 0.15) is 17.3 Å². The van der Waals surface area contributed by atoms with E-state index in [-0.39, 0.29) is 23.9 Å². The molecule has 2 aromatic carbocycles. The quantitative estimate of drug-likeness (QED) is 0.448. The summed E-state index contributed by atoms with van der Waals surface area (Å²) in [6, 6.07) is 19.8. The highest BCUT2D eigenvalue weighted by molar-refractivity contribution is 6.07. The average Bonchev–Trinajstić information content (AvgIpc) is 2.64. The molecule has 0 N–H and O–H groups in total. The van der Waals surface area contributed by atoms with Crippen molar-refractivity contribution in [3.05, 3.63) is 71.8 Å². The predicted octanol–water partition coefficient (Wildman–Crippen LogP) is 4.91. The van der Waals surface area contributed by atoms with Gasteiger partial charge >= 0.3 is 5.97 Å². The Balaban J connectivity index is 2.33. The van der Waals surface area contributed by atoms with Crippen LogP contribution in [0.3, 0.4) is 0 Å². The molecule has 0 bridgehead atoms. The first-order valence-electron chi connectivity index (χ1n) is 9.99. The van der Waals surface area contributed by atoms with Gasteiger partial charge in [-0.3, -0.25) is 14.4 Å². The van der Waals surface area contributed by atoms with Gasteiger partial charge in [0.15, 0.2) is 5.78 Å². The van der Waals surface area contributed by atoms with Gasteiger partial charge in [0, 0.05) is 0 Å². The third-order valence-electron chi connectivity index (χ3n) is 4.62. The Kier molecular flexibility index (Phi) is 7.89. The maximum absolute atomic E-state index is 12.8. The van der Waals surface area contributed by atoms with E-state index in [2.05, 4.69) is 0 Å². The monoisotopic (exact) mass is 394 g/mol. The first-order chi connectivity index (χ1) is 13.7. The van der Waals surface area contributed by atoms with Crippen molar-refractivity contribution in [1.29, 1.82) is 0 Å². The summed E-state index contributed by atoms with van der Waals surface area (Å²) in [5.41, 5.74) is 1.48. The van der Waals surface area contributed by atoms with Gasteiger partial charge in [-0.05, 0) is 57.6 Å². The van der Waals surface area contributed by atoms with E-state index in [1.165, 1.54) is 6.92 Å².